The second kappa shape index (κ2) is 5.26. The van der Waals surface area contributed by atoms with Crippen LogP contribution in [0.25, 0.3) is 0 Å². The highest BCUT2D eigenvalue weighted by molar-refractivity contribution is 8.01. The molecule has 0 saturated heterocycles. The molecule has 0 aliphatic rings. The third-order valence-corrected chi connectivity index (χ3v) is 3.17. The fourth-order valence-corrected chi connectivity index (χ4v) is 2.51. The maximum Gasteiger partial charge on any atom is 0.149 e. The molecule has 0 spiro atoms. The first-order valence-electron chi connectivity index (χ1n) is 3.17. The van der Waals surface area contributed by atoms with Crippen LogP contribution in [0.3, 0.4) is 0 Å². The van der Waals surface area contributed by atoms with Gasteiger partial charge in [-0.05, 0) is 0 Å². The normalized spacial score (nSPS) is 13.2. The number of oxime groups is 1. The Hall–Kier alpha value is -0.430. The van der Waals surface area contributed by atoms with Crippen molar-refractivity contribution in [3.63, 3.8) is 0 Å². The standard InChI is InChI=1S/C5H12N2O3S2/c1-12(9,10)3-2-11-4-5(6)7-8/h8H,2-4H2,1H3,(H2,6,7). The fraction of sp³-hybridized carbons (Fsp3) is 0.800. The minimum atomic E-state index is -2.89. The quantitative estimate of drug-likeness (QED) is 0.211. The average molecular weight is 212 g/mol. The summed E-state index contributed by atoms with van der Waals surface area (Å²) in [6.45, 7) is 0. The third-order valence-electron chi connectivity index (χ3n) is 0.977. The van der Waals surface area contributed by atoms with Crippen molar-refractivity contribution in [2.45, 2.75) is 0 Å². The van der Waals surface area contributed by atoms with Crippen LogP contribution in [-0.2, 0) is 9.84 Å². The lowest BCUT2D eigenvalue weighted by Gasteiger charge is -1.98. The van der Waals surface area contributed by atoms with Gasteiger partial charge >= 0.3 is 0 Å². The molecule has 0 radical (unpaired) electrons. The van der Waals surface area contributed by atoms with E-state index in [2.05, 4.69) is 5.16 Å². The van der Waals surface area contributed by atoms with E-state index in [0.29, 0.717) is 11.5 Å². The monoisotopic (exact) mass is 212 g/mol. The minimum Gasteiger partial charge on any atom is -0.409 e. The minimum absolute atomic E-state index is 0.105. The van der Waals surface area contributed by atoms with Crippen molar-refractivity contribution >= 4 is 27.4 Å². The van der Waals surface area contributed by atoms with E-state index in [1.165, 1.54) is 18.0 Å². The van der Waals surface area contributed by atoms with Crippen LogP contribution in [-0.4, -0.2) is 43.0 Å². The lowest BCUT2D eigenvalue weighted by molar-refractivity contribution is 0.318. The molecule has 3 N–H and O–H groups in total. The van der Waals surface area contributed by atoms with Gasteiger partial charge in [0.1, 0.15) is 15.7 Å². The van der Waals surface area contributed by atoms with Gasteiger partial charge in [-0.15, -0.1) is 0 Å². The molecule has 5 nitrogen and oxygen atoms in total. The van der Waals surface area contributed by atoms with Crippen molar-refractivity contribution in [2.75, 3.05) is 23.5 Å². The Bertz CT molecular complexity index is 247. The summed E-state index contributed by atoms with van der Waals surface area (Å²) in [5, 5.41) is 10.9. The van der Waals surface area contributed by atoms with Gasteiger partial charge in [-0.3, -0.25) is 0 Å². The summed E-state index contributed by atoms with van der Waals surface area (Å²) >= 11 is 1.32. The lowest BCUT2D eigenvalue weighted by atomic mass is 10.7. The van der Waals surface area contributed by atoms with E-state index in [0.717, 1.165) is 0 Å². The number of hydrogen-bond acceptors (Lipinski definition) is 5. The summed E-state index contributed by atoms with van der Waals surface area (Å²) < 4.78 is 21.2. The molecule has 0 saturated carbocycles. The molecule has 72 valence electrons. The largest absolute Gasteiger partial charge is 0.409 e. The van der Waals surface area contributed by atoms with Crippen LogP contribution in [0.1, 0.15) is 0 Å². The predicted molar refractivity (Wildman–Crippen MR) is 50.4 cm³/mol. The summed E-state index contributed by atoms with van der Waals surface area (Å²) in [6.07, 6.45) is 1.18. The predicted octanol–water partition coefficient (Wildman–Crippen LogP) is -0.489. The van der Waals surface area contributed by atoms with E-state index >= 15 is 0 Å². The van der Waals surface area contributed by atoms with Crippen LogP contribution in [0.15, 0.2) is 5.16 Å². The van der Waals surface area contributed by atoms with Gasteiger partial charge in [-0.2, -0.15) is 11.8 Å². The molecule has 0 heterocycles. The summed E-state index contributed by atoms with van der Waals surface area (Å²) in [7, 11) is -2.89. The van der Waals surface area contributed by atoms with E-state index < -0.39 is 9.84 Å². The van der Waals surface area contributed by atoms with Gasteiger partial charge in [0.2, 0.25) is 0 Å². The van der Waals surface area contributed by atoms with Gasteiger partial charge in [0, 0.05) is 12.0 Å². The van der Waals surface area contributed by atoms with Crippen molar-refractivity contribution in [1.29, 1.82) is 0 Å². The van der Waals surface area contributed by atoms with Crippen LogP contribution in [0, 0.1) is 0 Å². The van der Waals surface area contributed by atoms with Crippen LogP contribution in [0.5, 0.6) is 0 Å². The Morgan fingerprint density at radius 3 is 2.67 bits per heavy atom. The summed E-state index contributed by atoms with van der Waals surface area (Å²) in [5.41, 5.74) is 5.15. The maximum absolute atomic E-state index is 10.6. The smallest absolute Gasteiger partial charge is 0.149 e. The number of sulfone groups is 1. The molecule has 0 unspecified atom stereocenters. The summed E-state index contributed by atoms with van der Waals surface area (Å²) in [4.78, 5) is 0. The van der Waals surface area contributed by atoms with Crippen molar-refractivity contribution in [1.82, 2.24) is 0 Å². The van der Waals surface area contributed by atoms with E-state index in [4.69, 9.17) is 10.9 Å². The van der Waals surface area contributed by atoms with Gasteiger partial charge in [0.25, 0.3) is 0 Å². The Labute approximate surface area is 75.9 Å². The van der Waals surface area contributed by atoms with Crippen molar-refractivity contribution in [3.05, 3.63) is 0 Å². The maximum atomic E-state index is 10.6. The van der Waals surface area contributed by atoms with Crippen LogP contribution < -0.4 is 5.73 Å². The molecule has 0 aromatic rings. The average Bonchev–Trinajstić information content (AvgIpc) is 1.96. The Kier molecular flexibility index (Phi) is 5.07. The van der Waals surface area contributed by atoms with E-state index in [1.54, 1.807) is 0 Å². The van der Waals surface area contributed by atoms with Crippen LogP contribution in [0.2, 0.25) is 0 Å². The van der Waals surface area contributed by atoms with Gasteiger partial charge in [0.05, 0.1) is 11.5 Å². The fourth-order valence-electron chi connectivity index (χ4n) is 0.416. The molecule has 0 rings (SSSR count). The highest BCUT2D eigenvalue weighted by atomic mass is 32.2. The van der Waals surface area contributed by atoms with E-state index in [-0.39, 0.29) is 11.6 Å². The topological polar surface area (TPSA) is 92.8 Å². The molecule has 0 aliphatic heterocycles. The molecule has 0 atom stereocenters. The number of rotatable bonds is 5. The van der Waals surface area contributed by atoms with Crippen LogP contribution in [0.4, 0.5) is 0 Å². The number of nitrogens with two attached hydrogens (primary N) is 1. The molecular formula is C5H12N2O3S2. The Balaban J connectivity index is 3.47. The highest BCUT2D eigenvalue weighted by Crippen LogP contribution is 2.00. The second-order valence-electron chi connectivity index (χ2n) is 2.27. The molecule has 0 aromatic carbocycles. The first-order chi connectivity index (χ1) is 5.45. The molecule has 7 heteroatoms. The van der Waals surface area contributed by atoms with Gasteiger partial charge in [-0.1, -0.05) is 5.16 Å². The first-order valence-corrected chi connectivity index (χ1v) is 6.39. The highest BCUT2D eigenvalue weighted by Gasteiger charge is 2.01. The molecule has 0 fully saturated rings. The number of thioether (sulfide) groups is 1. The second-order valence-corrected chi connectivity index (χ2v) is 5.64. The number of nitrogens with zero attached hydrogens (tertiary/aromatic N) is 1. The van der Waals surface area contributed by atoms with Gasteiger partial charge < -0.3 is 10.9 Å². The molecule has 0 amide bonds. The lowest BCUT2D eigenvalue weighted by Crippen LogP contribution is -2.15. The van der Waals surface area contributed by atoms with Crippen LogP contribution >= 0.6 is 11.8 Å². The van der Waals surface area contributed by atoms with Gasteiger partial charge in [-0.25, -0.2) is 8.42 Å². The molecule has 0 aliphatic carbocycles. The zero-order chi connectivity index (χ0) is 9.61. The van der Waals surface area contributed by atoms with Gasteiger partial charge in [0.15, 0.2) is 0 Å². The summed E-state index contributed by atoms with van der Waals surface area (Å²) in [5.74, 6) is 1.05. The Morgan fingerprint density at radius 2 is 2.25 bits per heavy atom. The molecular weight excluding hydrogens is 200 g/mol. The molecule has 12 heavy (non-hydrogen) atoms. The van der Waals surface area contributed by atoms with E-state index in [9.17, 15) is 8.42 Å². The van der Waals surface area contributed by atoms with E-state index in [1.807, 2.05) is 0 Å². The van der Waals surface area contributed by atoms with Crippen molar-refractivity contribution in [3.8, 4) is 0 Å². The summed E-state index contributed by atoms with van der Waals surface area (Å²) in [6, 6.07) is 0. The number of amidine groups is 1. The molecule has 0 bridgehead atoms. The SMILES string of the molecule is CS(=O)(=O)CCSCC(N)=NO. The number of hydrogen-bond donors (Lipinski definition) is 2. The third kappa shape index (κ3) is 7.67. The zero-order valence-electron chi connectivity index (χ0n) is 6.73. The van der Waals surface area contributed by atoms with Crippen molar-refractivity contribution in [2.24, 2.45) is 10.9 Å². The van der Waals surface area contributed by atoms with Crippen molar-refractivity contribution < 1.29 is 13.6 Å². The zero-order valence-corrected chi connectivity index (χ0v) is 8.36. The first kappa shape index (κ1) is 11.6. The Morgan fingerprint density at radius 1 is 1.67 bits per heavy atom. The molecule has 0 aromatic heterocycles.